The molecule has 0 aromatic rings. The van der Waals surface area contributed by atoms with E-state index in [1.165, 1.54) is 12.8 Å². The Labute approximate surface area is 116 Å². The number of amides is 1. The summed E-state index contributed by atoms with van der Waals surface area (Å²) in [6.45, 7) is 4.33. The number of aliphatic hydroxyl groups excluding tert-OH is 1. The van der Waals surface area contributed by atoms with Crippen LogP contribution in [0.3, 0.4) is 0 Å². The van der Waals surface area contributed by atoms with E-state index in [1.807, 2.05) is 0 Å². The summed E-state index contributed by atoms with van der Waals surface area (Å²) in [5, 5.41) is 16.3. The predicted octanol–water partition coefficient (Wildman–Crippen LogP) is 1.43. The van der Waals surface area contributed by atoms with Crippen LogP contribution in [0.1, 0.15) is 51.9 Å². The van der Waals surface area contributed by atoms with Crippen molar-refractivity contribution in [2.75, 3.05) is 13.1 Å². The molecule has 1 aliphatic carbocycles. The highest BCUT2D eigenvalue weighted by Gasteiger charge is 2.26. The van der Waals surface area contributed by atoms with Gasteiger partial charge in [-0.1, -0.05) is 19.8 Å². The van der Waals surface area contributed by atoms with Crippen LogP contribution in [0, 0.1) is 11.8 Å². The summed E-state index contributed by atoms with van der Waals surface area (Å²) < 4.78 is 0. The van der Waals surface area contributed by atoms with E-state index in [0.29, 0.717) is 18.3 Å². The number of carbonyl (C=O) groups is 1. The van der Waals surface area contributed by atoms with Crippen molar-refractivity contribution in [1.29, 1.82) is 0 Å². The van der Waals surface area contributed by atoms with Crippen LogP contribution in [0.25, 0.3) is 0 Å². The van der Waals surface area contributed by atoms with Gasteiger partial charge in [-0.05, 0) is 50.6 Å². The van der Waals surface area contributed by atoms with Gasteiger partial charge in [0.25, 0.3) is 0 Å². The molecule has 19 heavy (non-hydrogen) atoms. The summed E-state index contributed by atoms with van der Waals surface area (Å²) in [5.74, 6) is 1.16. The lowest BCUT2D eigenvalue weighted by Crippen LogP contribution is -2.46. The molecule has 0 aromatic carbocycles. The van der Waals surface area contributed by atoms with Gasteiger partial charge >= 0.3 is 0 Å². The molecule has 2 rings (SSSR count). The minimum atomic E-state index is -0.343. The minimum absolute atomic E-state index is 0.0158. The zero-order chi connectivity index (χ0) is 13.7. The van der Waals surface area contributed by atoms with Crippen molar-refractivity contribution >= 4 is 5.91 Å². The van der Waals surface area contributed by atoms with E-state index in [9.17, 15) is 9.90 Å². The van der Waals surface area contributed by atoms with Gasteiger partial charge in [0, 0.05) is 6.42 Å². The Morgan fingerprint density at radius 2 is 2.11 bits per heavy atom. The summed E-state index contributed by atoms with van der Waals surface area (Å²) in [5.41, 5.74) is 0. The van der Waals surface area contributed by atoms with Gasteiger partial charge in [-0.15, -0.1) is 0 Å². The third kappa shape index (κ3) is 4.46. The van der Waals surface area contributed by atoms with Gasteiger partial charge in [0.05, 0.1) is 12.1 Å². The number of hydrogen-bond acceptors (Lipinski definition) is 3. The molecule has 110 valence electrons. The maximum absolute atomic E-state index is 12.1. The second-order valence-electron chi connectivity index (χ2n) is 6.31. The highest BCUT2D eigenvalue weighted by molar-refractivity contribution is 5.76. The molecule has 2 unspecified atom stereocenters. The molecule has 4 heteroatoms. The van der Waals surface area contributed by atoms with Crippen LogP contribution in [-0.4, -0.2) is 36.2 Å². The fourth-order valence-electron chi connectivity index (χ4n) is 3.37. The van der Waals surface area contributed by atoms with Gasteiger partial charge in [0.15, 0.2) is 0 Å². The van der Waals surface area contributed by atoms with E-state index in [0.717, 1.165) is 38.8 Å². The zero-order valence-electron chi connectivity index (χ0n) is 12.0. The fraction of sp³-hybridized carbons (Fsp3) is 0.933. The number of nitrogens with one attached hydrogen (secondary N) is 2. The molecule has 2 fully saturated rings. The average molecular weight is 268 g/mol. The Morgan fingerprint density at radius 3 is 2.79 bits per heavy atom. The number of piperidine rings is 1. The molecule has 0 radical (unpaired) electrons. The van der Waals surface area contributed by atoms with E-state index in [2.05, 4.69) is 17.6 Å². The lowest BCUT2D eigenvalue weighted by Gasteiger charge is -2.31. The topological polar surface area (TPSA) is 61.4 Å². The molecule has 4 nitrogen and oxygen atoms in total. The van der Waals surface area contributed by atoms with Crippen LogP contribution in [0.5, 0.6) is 0 Å². The van der Waals surface area contributed by atoms with Gasteiger partial charge in [-0.25, -0.2) is 0 Å². The Balaban J connectivity index is 1.73. The first-order valence-electron chi connectivity index (χ1n) is 7.85. The second kappa shape index (κ2) is 7.25. The summed E-state index contributed by atoms with van der Waals surface area (Å²) in [7, 11) is 0. The third-order valence-corrected chi connectivity index (χ3v) is 4.72. The second-order valence-corrected chi connectivity index (χ2v) is 6.31. The van der Waals surface area contributed by atoms with Crippen molar-refractivity contribution in [3.63, 3.8) is 0 Å². The maximum atomic E-state index is 12.1. The minimum Gasteiger partial charge on any atom is -0.391 e. The van der Waals surface area contributed by atoms with Crippen molar-refractivity contribution in [3.05, 3.63) is 0 Å². The Kier molecular flexibility index (Phi) is 5.64. The first kappa shape index (κ1) is 14.8. The molecular weight excluding hydrogens is 240 g/mol. The van der Waals surface area contributed by atoms with Crippen molar-refractivity contribution in [2.45, 2.75) is 64.0 Å². The highest BCUT2D eigenvalue weighted by Crippen LogP contribution is 2.23. The van der Waals surface area contributed by atoms with Gasteiger partial charge in [0.2, 0.25) is 5.91 Å². The van der Waals surface area contributed by atoms with E-state index in [1.54, 1.807) is 0 Å². The van der Waals surface area contributed by atoms with Crippen LogP contribution in [0.15, 0.2) is 0 Å². The van der Waals surface area contributed by atoms with E-state index < -0.39 is 0 Å². The number of hydrogen-bond donors (Lipinski definition) is 3. The standard InChI is InChI=1S/C15H28N2O2/c1-11(12-5-4-8-16-10-12)9-15(19)17-13-6-2-3-7-14(13)18/h11-14,16,18H,2-10H2,1H3,(H,17,19)/t11?,12?,13-,14-/m0/s1. The predicted molar refractivity (Wildman–Crippen MR) is 75.8 cm³/mol. The van der Waals surface area contributed by atoms with Gasteiger partial charge in [0.1, 0.15) is 0 Å². The van der Waals surface area contributed by atoms with Crippen molar-refractivity contribution in [1.82, 2.24) is 10.6 Å². The largest absolute Gasteiger partial charge is 0.391 e. The Hall–Kier alpha value is -0.610. The van der Waals surface area contributed by atoms with Crippen LogP contribution in [0.4, 0.5) is 0 Å². The van der Waals surface area contributed by atoms with Gasteiger partial charge < -0.3 is 15.7 Å². The van der Waals surface area contributed by atoms with Gasteiger partial charge in [-0.3, -0.25) is 4.79 Å². The molecule has 0 bridgehead atoms. The van der Waals surface area contributed by atoms with Crippen molar-refractivity contribution < 1.29 is 9.90 Å². The third-order valence-electron chi connectivity index (χ3n) is 4.72. The van der Waals surface area contributed by atoms with Crippen LogP contribution in [0.2, 0.25) is 0 Å². The van der Waals surface area contributed by atoms with Crippen molar-refractivity contribution in [3.8, 4) is 0 Å². The average Bonchev–Trinajstić information content (AvgIpc) is 2.42. The molecule has 0 spiro atoms. The number of rotatable bonds is 4. The molecule has 3 N–H and O–H groups in total. The molecule has 2 aliphatic rings. The molecule has 1 saturated heterocycles. The SMILES string of the molecule is CC(CC(=O)N[C@H]1CCCC[C@@H]1O)C1CCCNC1. The molecule has 0 aromatic heterocycles. The lowest BCUT2D eigenvalue weighted by molar-refractivity contribution is -0.124. The Bertz CT molecular complexity index is 290. The van der Waals surface area contributed by atoms with Gasteiger partial charge in [-0.2, -0.15) is 0 Å². The van der Waals surface area contributed by atoms with E-state index in [-0.39, 0.29) is 18.1 Å². The lowest BCUT2D eigenvalue weighted by atomic mass is 9.85. The number of carbonyl (C=O) groups excluding carboxylic acids is 1. The molecule has 1 aliphatic heterocycles. The first-order valence-corrected chi connectivity index (χ1v) is 7.85. The molecule has 1 amide bonds. The molecular formula is C15H28N2O2. The smallest absolute Gasteiger partial charge is 0.220 e. The molecule has 4 atom stereocenters. The maximum Gasteiger partial charge on any atom is 0.220 e. The highest BCUT2D eigenvalue weighted by atomic mass is 16.3. The zero-order valence-corrected chi connectivity index (χ0v) is 12.0. The van der Waals surface area contributed by atoms with Crippen molar-refractivity contribution in [2.24, 2.45) is 11.8 Å². The summed E-state index contributed by atoms with van der Waals surface area (Å²) in [6, 6.07) is -0.0158. The monoisotopic (exact) mass is 268 g/mol. The molecule has 1 saturated carbocycles. The normalized spacial score (nSPS) is 33.7. The van der Waals surface area contributed by atoms with Crippen LogP contribution in [-0.2, 0) is 4.79 Å². The number of aliphatic hydroxyl groups is 1. The van der Waals surface area contributed by atoms with E-state index in [4.69, 9.17) is 0 Å². The molecule has 1 heterocycles. The summed E-state index contributed by atoms with van der Waals surface area (Å²) >= 11 is 0. The quantitative estimate of drug-likeness (QED) is 0.723. The Morgan fingerprint density at radius 1 is 1.32 bits per heavy atom. The first-order chi connectivity index (χ1) is 9.16. The summed E-state index contributed by atoms with van der Waals surface area (Å²) in [4.78, 5) is 12.1. The van der Waals surface area contributed by atoms with Crippen LogP contribution >= 0.6 is 0 Å². The van der Waals surface area contributed by atoms with E-state index >= 15 is 0 Å². The van der Waals surface area contributed by atoms with Crippen LogP contribution < -0.4 is 10.6 Å². The summed E-state index contributed by atoms with van der Waals surface area (Å²) in [6.07, 6.45) is 6.65. The fourth-order valence-corrected chi connectivity index (χ4v) is 3.37.